The highest BCUT2D eigenvalue weighted by Crippen LogP contribution is 2.71. The number of aliphatic hydroxyl groups excluding tert-OH is 1. The van der Waals surface area contributed by atoms with Gasteiger partial charge in [-0.2, -0.15) is 0 Å². The Morgan fingerprint density at radius 3 is 2.69 bits per heavy atom. The van der Waals surface area contributed by atoms with E-state index < -0.39 is 33.3 Å². The lowest BCUT2D eigenvalue weighted by Crippen LogP contribution is -2.55. The first-order valence-corrected chi connectivity index (χ1v) is 13.3. The van der Waals surface area contributed by atoms with E-state index in [2.05, 4.69) is 6.58 Å². The molecular formula is C26H33ClN2O5S. The van der Waals surface area contributed by atoms with E-state index in [4.69, 9.17) is 16.7 Å². The summed E-state index contributed by atoms with van der Waals surface area (Å²) in [4.78, 5) is 43.9. The highest BCUT2D eigenvalue weighted by atomic mass is 35.5. The molecule has 5 atom stereocenters. The highest BCUT2D eigenvalue weighted by molar-refractivity contribution is 8.02. The largest absolute Gasteiger partial charge is 0.481 e. The van der Waals surface area contributed by atoms with Crippen molar-refractivity contribution in [3.63, 3.8) is 0 Å². The van der Waals surface area contributed by atoms with Crippen molar-refractivity contribution in [1.82, 2.24) is 4.90 Å². The monoisotopic (exact) mass is 520 g/mol. The third kappa shape index (κ3) is 4.07. The molecule has 0 radical (unpaired) electrons. The van der Waals surface area contributed by atoms with Crippen LogP contribution in [-0.2, 0) is 14.4 Å². The van der Waals surface area contributed by atoms with Gasteiger partial charge in [-0.05, 0) is 57.6 Å². The Kier molecular flexibility index (Phi) is 7.28. The third-order valence-electron chi connectivity index (χ3n) is 7.87. The fourth-order valence-electron chi connectivity index (χ4n) is 6.43. The minimum atomic E-state index is -0.974. The molecule has 3 aliphatic rings. The molecule has 3 aliphatic heterocycles. The van der Waals surface area contributed by atoms with E-state index in [1.54, 1.807) is 21.9 Å². The van der Waals surface area contributed by atoms with E-state index in [-0.39, 0.29) is 25.0 Å². The summed E-state index contributed by atoms with van der Waals surface area (Å²) in [6.07, 6.45) is 4.85. The van der Waals surface area contributed by atoms with Crippen molar-refractivity contribution in [2.24, 2.45) is 11.8 Å². The van der Waals surface area contributed by atoms with Gasteiger partial charge in [-0.1, -0.05) is 29.8 Å². The summed E-state index contributed by atoms with van der Waals surface area (Å²) in [6, 6.07) is 4.65. The molecule has 2 bridgehead atoms. The quantitative estimate of drug-likeness (QED) is 0.359. The molecule has 1 aromatic carbocycles. The number of hydrogen-bond donors (Lipinski definition) is 2. The number of carboxylic acid groups (broad SMARTS) is 1. The number of halogens is 1. The predicted molar refractivity (Wildman–Crippen MR) is 138 cm³/mol. The fraction of sp³-hybridized carbons (Fsp3) is 0.577. The summed E-state index contributed by atoms with van der Waals surface area (Å²) in [5.41, 5.74) is 1.42. The lowest BCUT2D eigenvalue weighted by atomic mass is 9.66. The van der Waals surface area contributed by atoms with Crippen LogP contribution in [0.3, 0.4) is 0 Å². The molecule has 3 saturated heterocycles. The summed E-state index contributed by atoms with van der Waals surface area (Å²) >= 11 is 8.08. The van der Waals surface area contributed by atoms with E-state index in [1.807, 2.05) is 26.0 Å². The topological polar surface area (TPSA) is 98.2 Å². The number of nitrogens with zero attached hydrogens (tertiary/aromatic N) is 2. The summed E-state index contributed by atoms with van der Waals surface area (Å²) in [5, 5.41) is 19.7. The van der Waals surface area contributed by atoms with Crippen LogP contribution < -0.4 is 4.90 Å². The zero-order chi connectivity index (χ0) is 25.5. The Hall–Kier alpha value is -2.03. The number of hydrogen-bond acceptors (Lipinski definition) is 5. The van der Waals surface area contributed by atoms with E-state index in [0.717, 1.165) is 5.56 Å². The van der Waals surface area contributed by atoms with Crippen molar-refractivity contribution in [3.8, 4) is 0 Å². The number of fused-ring (bicyclic) bond motifs is 1. The van der Waals surface area contributed by atoms with Crippen molar-refractivity contribution in [1.29, 1.82) is 0 Å². The molecule has 0 aromatic heterocycles. The van der Waals surface area contributed by atoms with Gasteiger partial charge in [-0.3, -0.25) is 14.4 Å². The molecule has 35 heavy (non-hydrogen) atoms. The van der Waals surface area contributed by atoms with Crippen molar-refractivity contribution in [3.05, 3.63) is 41.4 Å². The van der Waals surface area contributed by atoms with Crippen LogP contribution in [0.15, 0.2) is 30.9 Å². The maximum atomic E-state index is 14.4. The molecular weight excluding hydrogens is 488 g/mol. The smallest absolute Gasteiger partial charge is 0.308 e. The Bertz CT molecular complexity index is 1030. The summed E-state index contributed by atoms with van der Waals surface area (Å²) < 4.78 is -1.38. The van der Waals surface area contributed by atoms with Gasteiger partial charge in [0, 0.05) is 24.4 Å². The average molecular weight is 521 g/mol. The maximum Gasteiger partial charge on any atom is 0.308 e. The number of carbonyl (C=O) groups excluding carboxylic acids is 2. The van der Waals surface area contributed by atoms with Gasteiger partial charge in [0.2, 0.25) is 5.91 Å². The number of likely N-dealkylation sites (tertiary alicyclic amines) is 1. The second-order valence-corrected chi connectivity index (χ2v) is 12.3. The number of aryl methyl sites for hydroxylation is 1. The molecule has 0 saturated carbocycles. The number of thioether (sulfide) groups is 1. The second kappa shape index (κ2) is 9.79. The first-order valence-electron chi connectivity index (χ1n) is 12.1. The van der Waals surface area contributed by atoms with Crippen LogP contribution in [0.4, 0.5) is 5.69 Å². The van der Waals surface area contributed by atoms with E-state index >= 15 is 0 Å². The number of unbranched alkanes of at least 4 members (excludes halogenated alkanes) is 2. The minimum absolute atomic E-state index is 0.0665. The first-order chi connectivity index (χ1) is 16.6. The van der Waals surface area contributed by atoms with Crippen molar-refractivity contribution in [2.75, 3.05) is 24.6 Å². The number of aliphatic carboxylic acids is 1. The van der Waals surface area contributed by atoms with Crippen molar-refractivity contribution >= 4 is 46.8 Å². The lowest BCUT2D eigenvalue weighted by Gasteiger charge is -2.37. The molecule has 7 nitrogen and oxygen atoms in total. The molecule has 190 valence electrons. The summed E-state index contributed by atoms with van der Waals surface area (Å²) in [6.45, 7) is 8.27. The van der Waals surface area contributed by atoms with Crippen LogP contribution in [0, 0.1) is 18.8 Å². The van der Waals surface area contributed by atoms with Gasteiger partial charge in [0.15, 0.2) is 0 Å². The van der Waals surface area contributed by atoms with Crippen LogP contribution in [0.1, 0.15) is 44.6 Å². The van der Waals surface area contributed by atoms with E-state index in [0.29, 0.717) is 49.4 Å². The molecule has 4 rings (SSSR count). The fourth-order valence-corrected chi connectivity index (χ4v) is 9.09. The summed E-state index contributed by atoms with van der Waals surface area (Å²) in [5.74, 6) is -3.04. The Balaban J connectivity index is 1.79. The molecule has 2 amide bonds. The van der Waals surface area contributed by atoms with Crippen LogP contribution in [0.2, 0.25) is 5.02 Å². The van der Waals surface area contributed by atoms with Gasteiger partial charge in [0.05, 0.1) is 27.3 Å². The van der Waals surface area contributed by atoms with Crippen LogP contribution in [0.25, 0.3) is 0 Å². The normalized spacial score (nSPS) is 31.0. The van der Waals surface area contributed by atoms with Crippen molar-refractivity contribution < 1.29 is 24.6 Å². The Labute approximate surface area is 215 Å². The van der Waals surface area contributed by atoms with Gasteiger partial charge in [-0.25, -0.2) is 0 Å². The molecule has 3 heterocycles. The van der Waals surface area contributed by atoms with Gasteiger partial charge in [0.1, 0.15) is 6.04 Å². The number of carbonyl (C=O) groups is 3. The first kappa shape index (κ1) is 26.0. The third-order valence-corrected chi connectivity index (χ3v) is 10.2. The maximum absolute atomic E-state index is 14.4. The second-order valence-electron chi connectivity index (χ2n) is 10.0. The van der Waals surface area contributed by atoms with Crippen molar-refractivity contribution in [2.45, 2.75) is 61.5 Å². The molecule has 1 spiro atoms. The van der Waals surface area contributed by atoms with Crippen LogP contribution in [-0.4, -0.2) is 68.1 Å². The number of rotatable bonds is 10. The molecule has 1 aromatic rings. The van der Waals surface area contributed by atoms with Gasteiger partial charge in [0.25, 0.3) is 5.91 Å². The number of aliphatic hydroxyl groups is 1. The Morgan fingerprint density at radius 2 is 2.06 bits per heavy atom. The molecule has 0 aliphatic carbocycles. The van der Waals surface area contributed by atoms with Gasteiger partial charge < -0.3 is 20.0 Å². The minimum Gasteiger partial charge on any atom is -0.481 e. The molecule has 2 unspecified atom stereocenters. The average Bonchev–Trinajstić information content (AvgIpc) is 3.36. The number of amides is 2. The zero-order valence-corrected chi connectivity index (χ0v) is 21.8. The molecule has 9 heteroatoms. The van der Waals surface area contributed by atoms with Gasteiger partial charge in [-0.15, -0.1) is 18.3 Å². The zero-order valence-electron chi connectivity index (χ0n) is 20.2. The highest BCUT2D eigenvalue weighted by Gasteiger charge is 2.77. The predicted octanol–water partition coefficient (Wildman–Crippen LogP) is 3.90. The standard InChI is InChI=1S/C26H33ClN2O5S/c1-4-13-28(20-16(2)9-8-10-17(20)27)23(32)21-26-12-11-25(3,35-26)19(24(33)34)18(26)22(31)29(21)14-6-5-7-15-30/h4,8-10,18-19,21,30H,1,5-7,11-15H2,2-3H3,(H,33,34)/t18-,19+,21?,25-,26?/m0/s1. The van der Waals surface area contributed by atoms with Crippen LogP contribution >= 0.6 is 23.4 Å². The number of carboxylic acids is 1. The number of benzene rings is 1. The van der Waals surface area contributed by atoms with E-state index in [9.17, 15) is 19.5 Å². The number of anilines is 1. The molecule has 3 fully saturated rings. The van der Waals surface area contributed by atoms with Gasteiger partial charge >= 0.3 is 5.97 Å². The number of para-hydroxylation sites is 1. The van der Waals surface area contributed by atoms with E-state index in [1.165, 1.54) is 11.8 Å². The van der Waals surface area contributed by atoms with Crippen LogP contribution in [0.5, 0.6) is 0 Å². The Morgan fingerprint density at radius 1 is 1.31 bits per heavy atom. The lowest BCUT2D eigenvalue weighted by molar-refractivity contribution is -0.150. The molecule has 2 N–H and O–H groups in total. The summed E-state index contributed by atoms with van der Waals surface area (Å²) in [7, 11) is 0. The SMILES string of the molecule is C=CCN(C(=O)C1N(CCCCCO)C(=O)[C@@H]2[C@H](C(=O)O)[C@]3(C)CCC12S3)c1c(C)cccc1Cl.